The number of halogens is 1. The molecule has 0 radical (unpaired) electrons. The molecular formula is C14H17ClN3O4S+. The van der Waals surface area contributed by atoms with Crippen LogP contribution in [0.3, 0.4) is 0 Å². The SMILES string of the molecule is CC1=[N+](C)C(=O)N(C)C(=O)C1S(=O)(=O)Nc1cc(Cl)ccc1C. The van der Waals surface area contributed by atoms with Crippen LogP contribution in [0.25, 0.3) is 0 Å². The molecule has 1 aliphatic rings. The van der Waals surface area contributed by atoms with Crippen LogP contribution in [0.2, 0.25) is 5.02 Å². The van der Waals surface area contributed by atoms with E-state index in [-0.39, 0.29) is 5.71 Å². The van der Waals surface area contributed by atoms with Crippen molar-refractivity contribution in [2.45, 2.75) is 19.1 Å². The van der Waals surface area contributed by atoms with Gasteiger partial charge in [0.1, 0.15) is 5.71 Å². The average Bonchev–Trinajstić information content (AvgIpc) is 2.46. The van der Waals surface area contributed by atoms with Gasteiger partial charge in [0.15, 0.2) is 0 Å². The molecule has 23 heavy (non-hydrogen) atoms. The molecule has 0 saturated carbocycles. The molecule has 124 valence electrons. The second-order valence-corrected chi connectivity index (χ2v) is 7.57. The van der Waals surface area contributed by atoms with Crippen LogP contribution in [-0.4, -0.2) is 54.9 Å². The van der Waals surface area contributed by atoms with Crippen molar-refractivity contribution in [3.63, 3.8) is 0 Å². The van der Waals surface area contributed by atoms with Crippen molar-refractivity contribution < 1.29 is 22.6 Å². The van der Waals surface area contributed by atoms with Crippen LogP contribution in [0.4, 0.5) is 10.5 Å². The molecule has 1 N–H and O–H groups in total. The minimum atomic E-state index is -4.09. The van der Waals surface area contributed by atoms with Crippen LogP contribution in [0, 0.1) is 6.92 Å². The first-order chi connectivity index (χ1) is 10.6. The van der Waals surface area contributed by atoms with Gasteiger partial charge in [0.2, 0.25) is 5.25 Å². The molecule has 0 aliphatic carbocycles. The Hall–Kier alpha value is -1.93. The number of benzene rings is 1. The van der Waals surface area contributed by atoms with Gasteiger partial charge in [-0.25, -0.2) is 13.2 Å². The highest BCUT2D eigenvalue weighted by molar-refractivity contribution is 7.94. The number of nitrogens with one attached hydrogen (secondary N) is 1. The second kappa shape index (κ2) is 5.93. The second-order valence-electron chi connectivity index (χ2n) is 5.37. The van der Waals surface area contributed by atoms with Crippen LogP contribution in [0.15, 0.2) is 18.2 Å². The van der Waals surface area contributed by atoms with Crippen molar-refractivity contribution in [1.29, 1.82) is 0 Å². The first kappa shape index (κ1) is 17.4. The van der Waals surface area contributed by atoms with E-state index in [1.165, 1.54) is 27.1 Å². The number of hydrogen-bond acceptors (Lipinski definition) is 4. The minimum absolute atomic E-state index is 0.144. The lowest BCUT2D eigenvalue weighted by atomic mass is 10.2. The molecule has 7 nitrogen and oxygen atoms in total. The predicted octanol–water partition coefficient (Wildman–Crippen LogP) is 1.45. The lowest BCUT2D eigenvalue weighted by Gasteiger charge is -2.24. The van der Waals surface area contributed by atoms with Gasteiger partial charge in [-0.2, -0.15) is 14.3 Å². The first-order valence-electron chi connectivity index (χ1n) is 6.72. The maximum atomic E-state index is 12.7. The van der Waals surface area contributed by atoms with E-state index in [9.17, 15) is 18.0 Å². The van der Waals surface area contributed by atoms with Crippen molar-refractivity contribution in [2.24, 2.45) is 0 Å². The molecule has 9 heteroatoms. The Kier molecular flexibility index (Phi) is 4.50. The number of rotatable bonds is 3. The van der Waals surface area contributed by atoms with E-state index < -0.39 is 27.2 Å². The standard InChI is InChI=1S/C14H17ClN3O4S/c1-8-5-6-10(15)7-11(8)16-23(21,22)12-9(2)17(3)14(20)18(4)13(12)19/h5-7,12,16H,1-4H3/q+1. The molecule has 0 saturated heterocycles. The van der Waals surface area contributed by atoms with E-state index in [4.69, 9.17) is 11.6 Å². The molecule has 1 heterocycles. The van der Waals surface area contributed by atoms with E-state index in [0.717, 1.165) is 9.48 Å². The number of anilines is 1. The third-order valence-corrected chi connectivity index (χ3v) is 5.70. The fourth-order valence-corrected chi connectivity index (χ4v) is 4.12. The number of nitrogens with zero attached hydrogens (tertiary/aromatic N) is 2. The minimum Gasteiger partial charge on any atom is -0.282 e. The third-order valence-electron chi connectivity index (χ3n) is 3.80. The molecule has 2 rings (SSSR count). The zero-order chi connectivity index (χ0) is 17.5. The van der Waals surface area contributed by atoms with E-state index in [0.29, 0.717) is 16.3 Å². The summed E-state index contributed by atoms with van der Waals surface area (Å²) in [5.41, 5.74) is 1.10. The summed E-state index contributed by atoms with van der Waals surface area (Å²) in [6.07, 6.45) is 0. The number of urea groups is 1. The smallest absolute Gasteiger partial charge is 0.282 e. The Morgan fingerprint density at radius 3 is 2.48 bits per heavy atom. The van der Waals surface area contributed by atoms with Gasteiger partial charge in [0.05, 0.1) is 19.8 Å². The highest BCUT2D eigenvalue weighted by Gasteiger charge is 2.50. The lowest BCUT2D eigenvalue weighted by molar-refractivity contribution is -0.405. The largest absolute Gasteiger partial charge is 0.500 e. The molecule has 1 aromatic carbocycles. The van der Waals surface area contributed by atoms with Gasteiger partial charge in [-0.05, 0) is 31.5 Å². The van der Waals surface area contributed by atoms with Gasteiger partial charge in [0, 0.05) is 5.02 Å². The molecule has 1 unspecified atom stereocenters. The lowest BCUT2D eigenvalue weighted by Crippen LogP contribution is -2.57. The number of sulfonamides is 1. The van der Waals surface area contributed by atoms with Crippen molar-refractivity contribution >= 4 is 45.0 Å². The number of carbonyl (C=O) groups excluding carboxylic acids is 2. The summed E-state index contributed by atoms with van der Waals surface area (Å²) in [7, 11) is -1.42. The van der Waals surface area contributed by atoms with Crippen LogP contribution in [-0.2, 0) is 14.8 Å². The third kappa shape index (κ3) is 3.09. The van der Waals surface area contributed by atoms with E-state index >= 15 is 0 Å². The van der Waals surface area contributed by atoms with Gasteiger partial charge in [-0.15, -0.1) is 0 Å². The summed E-state index contributed by atoms with van der Waals surface area (Å²) in [6.45, 7) is 3.16. The molecule has 1 atom stereocenters. The van der Waals surface area contributed by atoms with Crippen molar-refractivity contribution in [2.75, 3.05) is 18.8 Å². The molecule has 0 aromatic heterocycles. The average molecular weight is 359 g/mol. The fourth-order valence-electron chi connectivity index (χ4n) is 2.27. The Bertz CT molecular complexity index is 832. The van der Waals surface area contributed by atoms with Gasteiger partial charge in [-0.3, -0.25) is 4.72 Å². The van der Waals surface area contributed by atoms with Gasteiger partial charge in [0.25, 0.3) is 10.0 Å². The summed E-state index contributed by atoms with van der Waals surface area (Å²) in [4.78, 5) is 24.9. The Morgan fingerprint density at radius 1 is 1.26 bits per heavy atom. The summed E-state index contributed by atoms with van der Waals surface area (Å²) < 4.78 is 28.9. The van der Waals surface area contributed by atoms with Crippen LogP contribution in [0.5, 0.6) is 0 Å². The molecule has 0 fully saturated rings. The zero-order valence-electron chi connectivity index (χ0n) is 13.1. The van der Waals surface area contributed by atoms with Gasteiger partial charge in [-0.1, -0.05) is 17.7 Å². The van der Waals surface area contributed by atoms with Crippen LogP contribution >= 0.6 is 11.6 Å². The normalized spacial score (nSPS) is 19.3. The molecule has 0 spiro atoms. The van der Waals surface area contributed by atoms with Gasteiger partial charge < -0.3 is 0 Å². The van der Waals surface area contributed by atoms with Crippen molar-refractivity contribution in [3.8, 4) is 0 Å². The zero-order valence-corrected chi connectivity index (χ0v) is 14.7. The molecular weight excluding hydrogens is 342 g/mol. The topological polar surface area (TPSA) is 86.6 Å². The quantitative estimate of drug-likeness (QED) is 0.828. The Balaban J connectivity index is 2.49. The molecule has 0 bridgehead atoms. The van der Waals surface area contributed by atoms with Gasteiger partial charge >= 0.3 is 11.9 Å². The predicted molar refractivity (Wildman–Crippen MR) is 87.6 cm³/mol. The maximum Gasteiger partial charge on any atom is 0.500 e. The summed E-state index contributed by atoms with van der Waals surface area (Å²) in [5.74, 6) is -0.794. The summed E-state index contributed by atoms with van der Waals surface area (Å²) in [5, 5.41) is -1.11. The number of imide groups is 1. The Morgan fingerprint density at radius 2 is 1.87 bits per heavy atom. The van der Waals surface area contributed by atoms with E-state index in [1.807, 2.05) is 0 Å². The maximum absolute atomic E-state index is 12.7. The fraction of sp³-hybridized carbons (Fsp3) is 0.357. The summed E-state index contributed by atoms with van der Waals surface area (Å²) >= 11 is 5.89. The van der Waals surface area contributed by atoms with Crippen LogP contribution < -0.4 is 4.72 Å². The number of amides is 3. The molecule has 3 amide bonds. The number of hydrogen-bond donors (Lipinski definition) is 1. The molecule has 1 aliphatic heterocycles. The highest BCUT2D eigenvalue weighted by atomic mass is 35.5. The van der Waals surface area contributed by atoms with E-state index in [1.54, 1.807) is 19.1 Å². The monoisotopic (exact) mass is 358 g/mol. The number of carbonyl (C=O) groups is 2. The highest BCUT2D eigenvalue weighted by Crippen LogP contribution is 2.23. The Labute approximate surface area is 139 Å². The first-order valence-corrected chi connectivity index (χ1v) is 8.65. The van der Waals surface area contributed by atoms with E-state index in [2.05, 4.69) is 4.72 Å². The van der Waals surface area contributed by atoms with Crippen molar-refractivity contribution in [1.82, 2.24) is 4.90 Å². The summed E-state index contributed by atoms with van der Waals surface area (Å²) in [6, 6.07) is 4.20. The number of aryl methyl sites for hydroxylation is 1. The molecule has 1 aromatic rings. The van der Waals surface area contributed by atoms with Crippen LogP contribution in [0.1, 0.15) is 12.5 Å². The van der Waals surface area contributed by atoms with Crippen molar-refractivity contribution in [3.05, 3.63) is 28.8 Å².